The summed E-state index contributed by atoms with van der Waals surface area (Å²) in [6.07, 6.45) is 7.85. The Morgan fingerprint density at radius 1 is 1.03 bits per heavy atom. The van der Waals surface area contributed by atoms with Gasteiger partial charge < -0.3 is 10.2 Å². The summed E-state index contributed by atoms with van der Waals surface area (Å²) in [7, 11) is -1.58. The molecule has 1 aromatic rings. The number of sulfonamides is 1. The molecule has 0 unspecified atom stereocenters. The summed E-state index contributed by atoms with van der Waals surface area (Å²) in [5, 5.41) is 3.26. The lowest BCUT2D eigenvalue weighted by atomic mass is 9.48. The van der Waals surface area contributed by atoms with Crippen LogP contribution in [0.5, 0.6) is 0 Å². The molecule has 5 fully saturated rings. The van der Waals surface area contributed by atoms with E-state index in [9.17, 15) is 13.2 Å². The van der Waals surface area contributed by atoms with Gasteiger partial charge in [-0.25, -0.2) is 8.42 Å². The molecular formula is C24H35N3O3S. The quantitative estimate of drug-likeness (QED) is 0.757. The summed E-state index contributed by atoms with van der Waals surface area (Å²) in [5.41, 5.74) is 0.667. The van der Waals surface area contributed by atoms with Crippen LogP contribution in [0.15, 0.2) is 29.2 Å². The lowest BCUT2D eigenvalue weighted by Crippen LogP contribution is -2.55. The van der Waals surface area contributed by atoms with Gasteiger partial charge >= 0.3 is 0 Å². The minimum Gasteiger partial charge on any atom is -0.349 e. The predicted octanol–water partition coefficient (Wildman–Crippen LogP) is 2.96. The van der Waals surface area contributed by atoms with E-state index in [4.69, 9.17) is 0 Å². The van der Waals surface area contributed by atoms with Crippen LogP contribution in [0.4, 0.5) is 0 Å². The molecule has 4 aliphatic carbocycles. The number of likely N-dealkylation sites (N-methyl/N-ethyl adjacent to an activating group) is 1. The highest BCUT2D eigenvalue weighted by atomic mass is 32.2. The van der Waals surface area contributed by atoms with E-state index in [-0.39, 0.29) is 22.3 Å². The van der Waals surface area contributed by atoms with E-state index in [1.54, 1.807) is 24.3 Å². The van der Waals surface area contributed by atoms with E-state index in [0.29, 0.717) is 18.7 Å². The molecule has 170 valence electrons. The van der Waals surface area contributed by atoms with Gasteiger partial charge in [-0.05, 0) is 93.9 Å². The molecule has 4 bridgehead atoms. The van der Waals surface area contributed by atoms with Gasteiger partial charge in [0.15, 0.2) is 0 Å². The Balaban J connectivity index is 1.30. The molecule has 0 radical (unpaired) electrons. The second-order valence-corrected chi connectivity index (χ2v) is 12.6. The summed E-state index contributed by atoms with van der Waals surface area (Å²) in [4.78, 5) is 15.5. The van der Waals surface area contributed by atoms with Crippen molar-refractivity contribution in [3.63, 3.8) is 0 Å². The van der Waals surface area contributed by atoms with Crippen LogP contribution < -0.4 is 5.32 Å². The monoisotopic (exact) mass is 445 g/mol. The maximum atomic E-state index is 13.1. The van der Waals surface area contributed by atoms with Crippen molar-refractivity contribution in [2.24, 2.45) is 23.2 Å². The van der Waals surface area contributed by atoms with E-state index in [2.05, 4.69) is 17.1 Å². The summed E-state index contributed by atoms with van der Waals surface area (Å²) in [5.74, 6) is 2.35. The Labute approximate surface area is 186 Å². The van der Waals surface area contributed by atoms with Crippen molar-refractivity contribution in [1.29, 1.82) is 0 Å². The SMILES string of the molecule is C[C@H](NC(=O)c1cccc(S(=O)(=O)N2CCN(C)CC2)c1)C12CC3CC(CC(C3)C1)C2. The maximum Gasteiger partial charge on any atom is 0.251 e. The number of rotatable bonds is 5. The topological polar surface area (TPSA) is 69.7 Å². The fourth-order valence-electron chi connectivity index (χ4n) is 7.12. The smallest absolute Gasteiger partial charge is 0.251 e. The molecule has 1 heterocycles. The normalized spacial score (nSPS) is 34.6. The minimum absolute atomic E-state index is 0.117. The van der Waals surface area contributed by atoms with Crippen molar-refractivity contribution in [2.45, 2.75) is 56.4 Å². The highest BCUT2D eigenvalue weighted by Gasteiger charge is 2.53. The van der Waals surface area contributed by atoms with Crippen LogP contribution in [0.2, 0.25) is 0 Å². The molecule has 0 aromatic heterocycles. The first-order valence-corrected chi connectivity index (χ1v) is 13.3. The first-order chi connectivity index (χ1) is 14.7. The first kappa shape index (κ1) is 21.4. The number of carbonyl (C=O) groups is 1. The van der Waals surface area contributed by atoms with Gasteiger partial charge in [0.25, 0.3) is 5.91 Å². The number of hydrogen-bond acceptors (Lipinski definition) is 4. The Hall–Kier alpha value is -1.44. The highest BCUT2D eigenvalue weighted by molar-refractivity contribution is 7.89. The van der Waals surface area contributed by atoms with Crippen LogP contribution in [0.1, 0.15) is 55.8 Å². The molecule has 1 saturated heterocycles. The van der Waals surface area contributed by atoms with Gasteiger partial charge in [-0.15, -0.1) is 0 Å². The zero-order chi connectivity index (χ0) is 21.8. The third kappa shape index (κ3) is 3.93. The standard InChI is InChI=1S/C24H35N3O3S/c1-17(24-14-18-10-19(15-24)12-20(11-18)16-24)25-23(28)21-4-3-5-22(13-21)31(29,30)27-8-6-26(2)7-9-27/h3-5,13,17-20H,6-12,14-16H2,1-2H3,(H,25,28)/t17-,18?,19?,20?,24?/m0/s1. The lowest BCUT2D eigenvalue weighted by Gasteiger charge is -2.59. The van der Waals surface area contributed by atoms with Crippen molar-refractivity contribution in [2.75, 3.05) is 33.2 Å². The van der Waals surface area contributed by atoms with E-state index in [0.717, 1.165) is 30.8 Å². The van der Waals surface area contributed by atoms with E-state index < -0.39 is 10.0 Å². The van der Waals surface area contributed by atoms with Crippen LogP contribution >= 0.6 is 0 Å². The molecule has 6 rings (SSSR count). The molecule has 1 aromatic carbocycles. The zero-order valence-corrected chi connectivity index (χ0v) is 19.5. The van der Waals surface area contributed by atoms with Gasteiger partial charge in [-0.3, -0.25) is 4.79 Å². The molecule has 7 heteroatoms. The molecule has 31 heavy (non-hydrogen) atoms. The average Bonchev–Trinajstić information content (AvgIpc) is 2.73. The second kappa shape index (κ2) is 7.85. The molecule has 1 aliphatic heterocycles. The number of benzene rings is 1. The van der Waals surface area contributed by atoms with Gasteiger partial charge in [0.2, 0.25) is 10.0 Å². The van der Waals surface area contributed by atoms with Crippen molar-refractivity contribution < 1.29 is 13.2 Å². The van der Waals surface area contributed by atoms with Crippen LogP contribution in [-0.2, 0) is 10.0 Å². The fraction of sp³-hybridized carbons (Fsp3) is 0.708. The largest absolute Gasteiger partial charge is 0.349 e. The third-order valence-corrected chi connectivity index (χ3v) is 10.4. The second-order valence-electron chi connectivity index (χ2n) is 10.7. The van der Waals surface area contributed by atoms with Gasteiger partial charge in [0.05, 0.1) is 4.90 Å². The Morgan fingerprint density at radius 2 is 1.61 bits per heavy atom. The first-order valence-electron chi connectivity index (χ1n) is 11.8. The number of amides is 1. The summed E-state index contributed by atoms with van der Waals surface area (Å²) in [6, 6.07) is 6.69. The minimum atomic E-state index is -3.58. The molecule has 1 N–H and O–H groups in total. The van der Waals surface area contributed by atoms with Gasteiger partial charge in [-0.1, -0.05) is 6.07 Å². The van der Waals surface area contributed by atoms with Crippen molar-refractivity contribution >= 4 is 15.9 Å². The van der Waals surface area contributed by atoms with E-state index in [1.165, 1.54) is 42.8 Å². The number of nitrogens with zero attached hydrogens (tertiary/aromatic N) is 2. The molecule has 6 nitrogen and oxygen atoms in total. The summed E-state index contributed by atoms with van der Waals surface area (Å²) in [6.45, 7) is 4.58. The van der Waals surface area contributed by atoms with Crippen LogP contribution in [0.25, 0.3) is 0 Å². The number of nitrogens with one attached hydrogen (secondary N) is 1. The van der Waals surface area contributed by atoms with Crippen LogP contribution in [-0.4, -0.2) is 62.8 Å². The van der Waals surface area contributed by atoms with Crippen molar-refractivity contribution in [3.05, 3.63) is 29.8 Å². The van der Waals surface area contributed by atoms with E-state index >= 15 is 0 Å². The fourth-order valence-corrected chi connectivity index (χ4v) is 8.58. The van der Waals surface area contributed by atoms with E-state index in [1.807, 2.05) is 7.05 Å². The van der Waals surface area contributed by atoms with Gasteiger partial charge in [0, 0.05) is 37.8 Å². The van der Waals surface area contributed by atoms with Crippen molar-refractivity contribution in [3.8, 4) is 0 Å². The Morgan fingerprint density at radius 3 is 2.19 bits per heavy atom. The summed E-state index contributed by atoms with van der Waals surface area (Å²) < 4.78 is 27.7. The third-order valence-electron chi connectivity index (χ3n) is 8.55. The number of carbonyl (C=O) groups excluding carboxylic acids is 1. The lowest BCUT2D eigenvalue weighted by molar-refractivity contribution is -0.0688. The molecule has 1 amide bonds. The van der Waals surface area contributed by atoms with Crippen LogP contribution in [0.3, 0.4) is 0 Å². The molecule has 0 spiro atoms. The van der Waals surface area contributed by atoms with Gasteiger partial charge in [0.1, 0.15) is 0 Å². The predicted molar refractivity (Wildman–Crippen MR) is 120 cm³/mol. The number of hydrogen-bond donors (Lipinski definition) is 1. The molecule has 4 saturated carbocycles. The average molecular weight is 446 g/mol. The van der Waals surface area contributed by atoms with Crippen molar-refractivity contribution in [1.82, 2.24) is 14.5 Å². The molecular weight excluding hydrogens is 410 g/mol. The Kier molecular flexibility index (Phi) is 5.42. The number of piperazine rings is 1. The summed E-state index contributed by atoms with van der Waals surface area (Å²) >= 11 is 0. The highest BCUT2D eigenvalue weighted by Crippen LogP contribution is 2.61. The van der Waals surface area contributed by atoms with Gasteiger partial charge in [-0.2, -0.15) is 4.31 Å². The molecule has 5 aliphatic rings. The van der Waals surface area contributed by atoms with Crippen LogP contribution in [0, 0.1) is 23.2 Å². The zero-order valence-electron chi connectivity index (χ0n) is 18.7. The Bertz CT molecular complexity index is 917. The molecule has 1 atom stereocenters. The maximum absolute atomic E-state index is 13.1.